The summed E-state index contributed by atoms with van der Waals surface area (Å²) in [6.07, 6.45) is 0. The molecule has 192 valence electrons. The van der Waals surface area contributed by atoms with E-state index in [2.05, 4.69) is 4.99 Å². The van der Waals surface area contributed by atoms with Gasteiger partial charge in [-0.25, -0.2) is 23.3 Å². The summed E-state index contributed by atoms with van der Waals surface area (Å²) in [5, 5.41) is 7.76. The van der Waals surface area contributed by atoms with Crippen LogP contribution in [0.25, 0.3) is 21.8 Å². The van der Waals surface area contributed by atoms with Crippen molar-refractivity contribution < 1.29 is 27.5 Å². The van der Waals surface area contributed by atoms with Crippen LogP contribution in [0.4, 0.5) is 0 Å². The number of sulfonamides is 1. The monoisotopic (exact) mass is 539 g/mol. The number of allylic oxidation sites excluding steroid dienone is 1. The number of esters is 2. The number of primary sulfonamides is 1. The van der Waals surface area contributed by atoms with Gasteiger partial charge in [-0.2, -0.15) is 0 Å². The van der Waals surface area contributed by atoms with Crippen molar-refractivity contribution in [3.63, 3.8) is 0 Å². The van der Waals surface area contributed by atoms with Gasteiger partial charge in [-0.15, -0.1) is 11.3 Å². The van der Waals surface area contributed by atoms with E-state index in [0.717, 1.165) is 16.7 Å². The molecule has 1 aromatic heterocycles. The average molecular weight is 540 g/mol. The number of benzene rings is 2. The van der Waals surface area contributed by atoms with Crippen molar-refractivity contribution in [1.82, 2.24) is 4.98 Å². The molecule has 0 spiro atoms. The first-order valence-electron chi connectivity index (χ1n) is 11.2. The Bertz CT molecular complexity index is 1540. The number of carbonyl (C=O) groups excluding carboxylic acids is 2. The quantitative estimate of drug-likeness (QED) is 0.469. The molecule has 0 radical (unpaired) electrons. The van der Waals surface area contributed by atoms with Crippen molar-refractivity contribution in [1.29, 1.82) is 0 Å². The van der Waals surface area contributed by atoms with Crippen LogP contribution >= 0.6 is 11.3 Å². The lowest BCUT2D eigenvalue weighted by Crippen LogP contribution is -2.36. The van der Waals surface area contributed by atoms with E-state index < -0.39 is 33.8 Å². The Kier molecular flexibility index (Phi) is 7.39. The minimum absolute atomic E-state index is 0.0237. The molecule has 0 saturated heterocycles. The lowest BCUT2D eigenvalue weighted by Gasteiger charge is -2.31. The number of ether oxygens (including phenoxy) is 2. The second kappa shape index (κ2) is 10.4. The number of nitrogens with zero attached hydrogens (tertiary/aromatic N) is 2. The highest BCUT2D eigenvalue weighted by atomic mass is 32.2. The lowest BCUT2D eigenvalue weighted by molar-refractivity contribution is -0.143. The van der Waals surface area contributed by atoms with E-state index >= 15 is 0 Å². The number of hydrogen-bond acceptors (Lipinski definition) is 9. The first kappa shape index (κ1) is 26.4. The third-order valence-electron chi connectivity index (χ3n) is 6.16. The van der Waals surface area contributed by atoms with Crippen LogP contribution in [0, 0.1) is 5.92 Å². The van der Waals surface area contributed by atoms with Gasteiger partial charge in [-0.3, -0.25) is 9.79 Å². The Balaban J connectivity index is 1.75. The minimum atomic E-state index is -3.78. The van der Waals surface area contributed by atoms with Crippen LogP contribution in [-0.4, -0.2) is 45.3 Å². The van der Waals surface area contributed by atoms with Gasteiger partial charge in [-0.1, -0.05) is 30.3 Å². The number of rotatable bonds is 6. The van der Waals surface area contributed by atoms with E-state index in [4.69, 9.17) is 19.6 Å². The van der Waals surface area contributed by atoms with Crippen LogP contribution in [0.15, 0.2) is 75.1 Å². The molecule has 2 heterocycles. The van der Waals surface area contributed by atoms with Crippen LogP contribution in [0.3, 0.4) is 0 Å². The maximum atomic E-state index is 12.8. The maximum absolute atomic E-state index is 12.8. The summed E-state index contributed by atoms with van der Waals surface area (Å²) in [7, 11) is -1.19. The normalized spacial score (nSPS) is 17.8. The number of nitrogens with two attached hydrogens (primary N) is 1. The minimum Gasteiger partial charge on any atom is -0.468 e. The summed E-state index contributed by atoms with van der Waals surface area (Å²) < 4.78 is 33.2. The van der Waals surface area contributed by atoms with Crippen LogP contribution in [0.2, 0.25) is 0 Å². The molecule has 9 nitrogen and oxygen atoms in total. The number of thiazole rings is 1. The summed E-state index contributed by atoms with van der Waals surface area (Å²) in [4.78, 5) is 34.7. The van der Waals surface area contributed by atoms with Gasteiger partial charge in [0.25, 0.3) is 0 Å². The molecule has 0 bridgehead atoms. The maximum Gasteiger partial charge on any atom is 0.336 e. The summed E-state index contributed by atoms with van der Waals surface area (Å²) in [6.45, 7) is 3.46. The van der Waals surface area contributed by atoms with Crippen molar-refractivity contribution >= 4 is 39.0 Å². The van der Waals surface area contributed by atoms with Crippen LogP contribution in [-0.2, 0) is 29.1 Å². The molecule has 2 aromatic carbocycles. The molecule has 1 aliphatic heterocycles. The van der Waals surface area contributed by atoms with Crippen molar-refractivity contribution in [3.05, 3.63) is 70.7 Å². The van der Waals surface area contributed by atoms with Gasteiger partial charge in [0, 0.05) is 33.8 Å². The Morgan fingerprint density at radius 1 is 1.00 bits per heavy atom. The van der Waals surface area contributed by atoms with Gasteiger partial charge in [0.15, 0.2) is 0 Å². The molecular weight excluding hydrogens is 514 g/mol. The van der Waals surface area contributed by atoms with E-state index in [0.29, 0.717) is 27.7 Å². The zero-order valence-corrected chi connectivity index (χ0v) is 22.2. The molecule has 3 aromatic rings. The van der Waals surface area contributed by atoms with Gasteiger partial charge >= 0.3 is 11.9 Å². The van der Waals surface area contributed by atoms with E-state index in [1.807, 2.05) is 29.6 Å². The third kappa shape index (κ3) is 5.24. The zero-order valence-electron chi connectivity index (χ0n) is 20.6. The van der Waals surface area contributed by atoms with Crippen molar-refractivity contribution in [2.75, 3.05) is 14.2 Å². The molecule has 0 amide bonds. The van der Waals surface area contributed by atoms with Crippen LogP contribution < -0.4 is 5.14 Å². The Morgan fingerprint density at radius 2 is 1.70 bits per heavy atom. The Hall–Kier alpha value is -3.67. The molecule has 2 atom stereocenters. The predicted octanol–water partition coefficient (Wildman–Crippen LogP) is 3.92. The number of hydrogen-bond donors (Lipinski definition) is 1. The fraction of sp³-hybridized carbons (Fsp3) is 0.231. The Morgan fingerprint density at radius 3 is 2.32 bits per heavy atom. The molecule has 2 N–H and O–H groups in total. The fourth-order valence-electron chi connectivity index (χ4n) is 4.42. The molecule has 0 aliphatic carbocycles. The van der Waals surface area contributed by atoms with Gasteiger partial charge in [-0.05, 0) is 37.6 Å². The van der Waals surface area contributed by atoms with Gasteiger partial charge in [0.2, 0.25) is 10.0 Å². The van der Waals surface area contributed by atoms with Crippen molar-refractivity contribution in [2.45, 2.75) is 24.7 Å². The SMILES string of the molecule is COC(=O)C1=C(C)N=C(C)C(C(=O)OC)C1c1cccc(-c2nc(-c3ccc(S(N)(=O)=O)cc3)cs2)c1. The summed E-state index contributed by atoms with van der Waals surface area (Å²) in [6, 6.07) is 13.6. The van der Waals surface area contributed by atoms with Gasteiger partial charge in [0.05, 0.1) is 30.4 Å². The largest absolute Gasteiger partial charge is 0.468 e. The first-order chi connectivity index (χ1) is 17.5. The molecule has 0 fully saturated rings. The second-order valence-corrected chi connectivity index (χ2v) is 10.9. The Labute approximate surface area is 218 Å². The predicted molar refractivity (Wildman–Crippen MR) is 140 cm³/mol. The van der Waals surface area contributed by atoms with Crippen LogP contribution in [0.5, 0.6) is 0 Å². The first-order valence-corrected chi connectivity index (χ1v) is 13.6. The van der Waals surface area contributed by atoms with Crippen molar-refractivity contribution in [3.8, 4) is 21.8 Å². The average Bonchev–Trinajstić information content (AvgIpc) is 3.37. The fourth-order valence-corrected chi connectivity index (χ4v) is 5.77. The smallest absolute Gasteiger partial charge is 0.336 e. The van der Waals surface area contributed by atoms with Crippen LogP contribution in [0.1, 0.15) is 25.3 Å². The molecule has 1 aliphatic rings. The molecule has 2 unspecified atom stereocenters. The zero-order chi connectivity index (χ0) is 26.9. The number of methoxy groups -OCH3 is 2. The highest BCUT2D eigenvalue weighted by molar-refractivity contribution is 7.89. The summed E-state index contributed by atoms with van der Waals surface area (Å²) in [5.41, 5.74) is 4.26. The van der Waals surface area contributed by atoms with Crippen molar-refractivity contribution in [2.24, 2.45) is 16.0 Å². The lowest BCUT2D eigenvalue weighted by atomic mass is 9.75. The van der Waals surface area contributed by atoms with E-state index in [9.17, 15) is 18.0 Å². The highest BCUT2D eigenvalue weighted by Gasteiger charge is 2.42. The van der Waals surface area contributed by atoms with E-state index in [1.165, 1.54) is 37.7 Å². The molecule has 11 heteroatoms. The summed E-state index contributed by atoms with van der Waals surface area (Å²) in [5.74, 6) is -2.49. The van der Waals surface area contributed by atoms with Gasteiger partial charge in [0.1, 0.15) is 10.9 Å². The second-order valence-electron chi connectivity index (χ2n) is 8.46. The third-order valence-corrected chi connectivity index (χ3v) is 7.98. The number of aromatic nitrogens is 1. The molecular formula is C26H25N3O6S2. The highest BCUT2D eigenvalue weighted by Crippen LogP contribution is 2.41. The topological polar surface area (TPSA) is 138 Å². The van der Waals surface area contributed by atoms with E-state index in [1.54, 1.807) is 26.0 Å². The van der Waals surface area contributed by atoms with E-state index in [-0.39, 0.29) is 4.90 Å². The number of aliphatic imine (C=N–C) groups is 1. The standard InChI is InChI=1S/C26H25N3O6S2/c1-14-21(25(30)34-3)23(22(15(2)28-14)26(31)35-4)17-6-5-7-18(12-17)24-29-20(13-36-24)16-8-10-19(11-9-16)37(27,32)33/h5-13,21,23H,1-4H3,(H2,27,32,33). The summed E-state index contributed by atoms with van der Waals surface area (Å²) >= 11 is 1.41. The van der Waals surface area contributed by atoms with Gasteiger partial charge < -0.3 is 9.47 Å². The molecule has 0 saturated carbocycles. The molecule has 37 heavy (non-hydrogen) atoms. The molecule has 4 rings (SSSR count). The number of carbonyl (C=O) groups is 2.